The lowest BCUT2D eigenvalue weighted by atomic mass is 9.94. The van der Waals surface area contributed by atoms with E-state index in [-0.39, 0.29) is 5.91 Å². The molecule has 4 rings (SSSR count). The lowest BCUT2D eigenvalue weighted by Gasteiger charge is -2.28. The maximum Gasteiger partial charge on any atom is 0.255 e. The van der Waals surface area contributed by atoms with E-state index in [1.807, 2.05) is 44.2 Å². The summed E-state index contributed by atoms with van der Waals surface area (Å²) in [6.07, 6.45) is 0.877. The van der Waals surface area contributed by atoms with Crippen molar-refractivity contribution in [1.82, 2.24) is 20.2 Å². The highest BCUT2D eigenvalue weighted by atomic mass is 16.5. The third kappa shape index (κ3) is 4.32. The Kier molecular flexibility index (Phi) is 6.43. The van der Waals surface area contributed by atoms with Gasteiger partial charge in [0.15, 0.2) is 11.5 Å². The van der Waals surface area contributed by atoms with Gasteiger partial charge in [-0.25, -0.2) is 0 Å². The van der Waals surface area contributed by atoms with E-state index in [4.69, 9.17) is 14.2 Å². The Morgan fingerprint density at radius 3 is 2.67 bits per heavy atom. The lowest BCUT2D eigenvalue weighted by Crippen LogP contribution is -2.31. The normalized spacial score (nSPS) is 14.8. The quantitative estimate of drug-likeness (QED) is 0.537. The fourth-order valence-electron chi connectivity index (χ4n) is 3.74. The largest absolute Gasteiger partial charge is 0.495 e. The van der Waals surface area contributed by atoms with E-state index in [9.17, 15) is 4.79 Å². The van der Waals surface area contributed by atoms with Crippen LogP contribution in [0.4, 0.5) is 11.6 Å². The summed E-state index contributed by atoms with van der Waals surface area (Å²) in [6.45, 7) is 4.43. The third-order valence-electron chi connectivity index (χ3n) is 5.28. The minimum Gasteiger partial charge on any atom is -0.495 e. The van der Waals surface area contributed by atoms with E-state index >= 15 is 0 Å². The molecule has 2 heterocycles. The van der Waals surface area contributed by atoms with Crippen LogP contribution in [0.5, 0.6) is 17.2 Å². The second-order valence-corrected chi connectivity index (χ2v) is 7.43. The molecular formula is C23H26N6O4. The highest BCUT2D eigenvalue weighted by Crippen LogP contribution is 2.39. The van der Waals surface area contributed by atoms with Crippen LogP contribution in [0.2, 0.25) is 0 Å². The number of rotatable bonds is 8. The number of tetrazole rings is 1. The highest BCUT2D eigenvalue weighted by Gasteiger charge is 2.34. The van der Waals surface area contributed by atoms with Gasteiger partial charge in [0.05, 0.1) is 32.1 Å². The molecule has 2 aromatic carbocycles. The number of amides is 1. The Morgan fingerprint density at radius 1 is 1.12 bits per heavy atom. The van der Waals surface area contributed by atoms with Crippen molar-refractivity contribution in [2.75, 3.05) is 31.5 Å². The minimum atomic E-state index is -0.583. The standard InChI is InChI=1S/C23H26N6O4/c1-5-12-33-18-11-10-15(13-19(18)32-4)21-20(14(2)24-23-26-27-28-29(21)23)22(30)25-16-8-6-7-9-17(16)31-3/h6-11,13,21H,5,12H2,1-4H3,(H,25,30)(H,24,26,28)/t21-/m1/s1. The molecule has 3 aromatic rings. The average Bonchev–Trinajstić information content (AvgIpc) is 3.30. The number of anilines is 2. The molecule has 10 nitrogen and oxygen atoms in total. The molecule has 0 spiro atoms. The Morgan fingerprint density at radius 2 is 1.91 bits per heavy atom. The smallest absolute Gasteiger partial charge is 0.255 e. The molecule has 0 aliphatic carbocycles. The molecule has 0 bridgehead atoms. The number of benzene rings is 2. The van der Waals surface area contributed by atoms with Crippen molar-refractivity contribution in [3.63, 3.8) is 0 Å². The Balaban J connectivity index is 1.75. The number of allylic oxidation sites excluding steroid dienone is 1. The number of nitrogens with one attached hydrogen (secondary N) is 2. The fraction of sp³-hybridized carbons (Fsp3) is 0.304. The summed E-state index contributed by atoms with van der Waals surface area (Å²) in [5, 5.41) is 18.0. The zero-order valence-corrected chi connectivity index (χ0v) is 19.0. The van der Waals surface area contributed by atoms with Gasteiger partial charge in [-0.15, -0.1) is 0 Å². The zero-order valence-electron chi connectivity index (χ0n) is 19.0. The van der Waals surface area contributed by atoms with Gasteiger partial charge >= 0.3 is 0 Å². The molecule has 0 saturated heterocycles. The van der Waals surface area contributed by atoms with Crippen LogP contribution >= 0.6 is 0 Å². The SMILES string of the molecule is CCCOc1ccc([C@@H]2C(C(=O)Nc3ccccc3OC)=C(C)Nc3nnnn32)cc1OC. The molecule has 1 aliphatic rings. The highest BCUT2D eigenvalue weighted by molar-refractivity contribution is 6.06. The van der Waals surface area contributed by atoms with E-state index < -0.39 is 6.04 Å². The predicted octanol–water partition coefficient (Wildman–Crippen LogP) is 3.41. The molecule has 0 unspecified atom stereocenters. The van der Waals surface area contributed by atoms with Crippen LogP contribution in [0.25, 0.3) is 0 Å². The van der Waals surface area contributed by atoms with Gasteiger partial charge in [-0.3, -0.25) is 4.79 Å². The number of para-hydroxylation sites is 2. The van der Waals surface area contributed by atoms with E-state index in [0.717, 1.165) is 12.0 Å². The lowest BCUT2D eigenvalue weighted by molar-refractivity contribution is -0.113. The number of nitrogens with zero attached hydrogens (tertiary/aromatic N) is 4. The van der Waals surface area contributed by atoms with Crippen LogP contribution in [-0.2, 0) is 4.79 Å². The first kappa shape index (κ1) is 22.1. The first-order valence-electron chi connectivity index (χ1n) is 10.6. The number of carbonyl (C=O) groups excluding carboxylic acids is 1. The van der Waals surface area contributed by atoms with Gasteiger partial charge in [-0.1, -0.05) is 30.2 Å². The second kappa shape index (κ2) is 9.60. The van der Waals surface area contributed by atoms with Crippen molar-refractivity contribution in [3.8, 4) is 17.2 Å². The summed E-state index contributed by atoms with van der Waals surface area (Å²) in [6, 6.07) is 12.2. The summed E-state index contributed by atoms with van der Waals surface area (Å²) in [5.41, 5.74) is 2.44. The van der Waals surface area contributed by atoms with Gasteiger partial charge < -0.3 is 24.8 Å². The molecule has 0 saturated carbocycles. The summed E-state index contributed by atoms with van der Waals surface area (Å²) in [4.78, 5) is 13.5. The zero-order chi connectivity index (χ0) is 23.4. The average molecular weight is 450 g/mol. The predicted molar refractivity (Wildman–Crippen MR) is 123 cm³/mol. The summed E-state index contributed by atoms with van der Waals surface area (Å²) >= 11 is 0. The van der Waals surface area contributed by atoms with Gasteiger partial charge in [-0.05, 0) is 53.6 Å². The number of hydrogen-bond acceptors (Lipinski definition) is 8. The molecule has 1 aliphatic heterocycles. The Labute approximate surface area is 191 Å². The van der Waals surface area contributed by atoms with Gasteiger partial charge in [0.2, 0.25) is 5.95 Å². The van der Waals surface area contributed by atoms with Crippen LogP contribution in [0.1, 0.15) is 31.9 Å². The molecule has 10 heteroatoms. The molecule has 1 atom stereocenters. The van der Waals surface area contributed by atoms with Crippen LogP contribution in [-0.4, -0.2) is 46.9 Å². The summed E-state index contributed by atoms with van der Waals surface area (Å²) < 4.78 is 18.3. The van der Waals surface area contributed by atoms with Gasteiger partial charge in [0.25, 0.3) is 5.91 Å². The Bertz CT molecular complexity index is 1190. The molecule has 1 amide bonds. The van der Waals surface area contributed by atoms with E-state index in [2.05, 4.69) is 26.2 Å². The molecular weight excluding hydrogens is 424 g/mol. The van der Waals surface area contributed by atoms with Gasteiger partial charge in [0.1, 0.15) is 11.8 Å². The number of carbonyl (C=O) groups is 1. The molecule has 33 heavy (non-hydrogen) atoms. The van der Waals surface area contributed by atoms with Crippen molar-refractivity contribution in [3.05, 3.63) is 59.3 Å². The molecule has 0 fully saturated rings. The summed E-state index contributed by atoms with van der Waals surface area (Å²) in [5.74, 6) is 1.90. The first-order valence-corrected chi connectivity index (χ1v) is 10.6. The number of fused-ring (bicyclic) bond motifs is 1. The van der Waals surface area contributed by atoms with Gasteiger partial charge in [0, 0.05) is 5.70 Å². The Hall–Kier alpha value is -4.08. The fourth-order valence-corrected chi connectivity index (χ4v) is 3.74. The van der Waals surface area contributed by atoms with Crippen LogP contribution in [0, 0.1) is 0 Å². The number of methoxy groups -OCH3 is 2. The van der Waals surface area contributed by atoms with Gasteiger partial charge in [-0.2, -0.15) is 4.68 Å². The molecule has 1 aromatic heterocycles. The number of aromatic nitrogens is 4. The maximum atomic E-state index is 13.5. The van der Waals surface area contributed by atoms with Crippen LogP contribution < -0.4 is 24.8 Å². The third-order valence-corrected chi connectivity index (χ3v) is 5.28. The summed E-state index contributed by atoms with van der Waals surface area (Å²) in [7, 11) is 3.14. The van der Waals surface area contributed by atoms with E-state index in [1.54, 1.807) is 31.0 Å². The van der Waals surface area contributed by atoms with Crippen molar-refractivity contribution >= 4 is 17.5 Å². The van der Waals surface area contributed by atoms with Crippen molar-refractivity contribution in [2.24, 2.45) is 0 Å². The van der Waals surface area contributed by atoms with Crippen molar-refractivity contribution < 1.29 is 19.0 Å². The maximum absolute atomic E-state index is 13.5. The number of hydrogen-bond donors (Lipinski definition) is 2. The van der Waals surface area contributed by atoms with Crippen LogP contribution in [0.15, 0.2) is 53.7 Å². The molecule has 172 valence electrons. The second-order valence-electron chi connectivity index (χ2n) is 7.43. The van der Waals surface area contributed by atoms with Crippen molar-refractivity contribution in [2.45, 2.75) is 26.3 Å². The minimum absolute atomic E-state index is 0.305. The molecule has 2 N–H and O–H groups in total. The van der Waals surface area contributed by atoms with E-state index in [0.29, 0.717) is 46.8 Å². The van der Waals surface area contributed by atoms with E-state index in [1.165, 1.54) is 0 Å². The number of ether oxygens (including phenoxy) is 3. The topological polar surface area (TPSA) is 112 Å². The monoisotopic (exact) mass is 450 g/mol. The van der Waals surface area contributed by atoms with Crippen LogP contribution in [0.3, 0.4) is 0 Å². The first-order chi connectivity index (χ1) is 16.1. The van der Waals surface area contributed by atoms with Crippen molar-refractivity contribution in [1.29, 1.82) is 0 Å². The molecule has 0 radical (unpaired) electrons.